The van der Waals surface area contributed by atoms with Crippen LogP contribution in [0.4, 0.5) is 17.1 Å². The minimum Gasteiger partial charge on any atom is -0.310 e. The Hall–Kier alpha value is -8.40. The Morgan fingerprint density at radius 1 is 0.303 bits per heavy atom. The zero-order chi connectivity index (χ0) is 43.9. The highest BCUT2D eigenvalue weighted by Gasteiger charge is 2.36. The van der Waals surface area contributed by atoms with Crippen LogP contribution in [0.2, 0.25) is 0 Å². The van der Waals surface area contributed by atoms with E-state index in [1.807, 2.05) is 0 Å². The number of benzene rings is 10. The molecule has 2 heterocycles. The molecule has 0 atom stereocenters. The van der Waals surface area contributed by atoms with Crippen molar-refractivity contribution in [3.8, 4) is 44.8 Å². The largest absolute Gasteiger partial charge is 0.310 e. The third kappa shape index (κ3) is 5.90. The van der Waals surface area contributed by atoms with Crippen LogP contribution < -0.4 is 4.90 Å². The van der Waals surface area contributed by atoms with Gasteiger partial charge in [-0.05, 0) is 136 Å². The van der Waals surface area contributed by atoms with E-state index in [4.69, 9.17) is 0 Å². The SMILES string of the molecule is CC1(C)c2cc(N(c3ccccc3)c3ccc(-c4ccc(-c5ccc6c(c5)c5ccccc5n6-c5ccccc5)cc4)cc3)ccc2-c2ccc(-n3c4ccccc4c4ccccc43)cc21. The van der Waals surface area contributed by atoms with Gasteiger partial charge in [0.05, 0.1) is 22.1 Å². The molecule has 66 heavy (non-hydrogen) atoms. The minimum atomic E-state index is -0.208. The van der Waals surface area contributed by atoms with Crippen molar-refractivity contribution >= 4 is 60.7 Å². The van der Waals surface area contributed by atoms with E-state index in [1.54, 1.807) is 0 Å². The van der Waals surface area contributed by atoms with E-state index < -0.39 is 0 Å². The molecule has 0 saturated heterocycles. The van der Waals surface area contributed by atoms with Gasteiger partial charge in [-0.1, -0.05) is 159 Å². The highest BCUT2D eigenvalue weighted by molar-refractivity contribution is 6.11. The summed E-state index contributed by atoms with van der Waals surface area (Å²) in [5.41, 5.74) is 20.5. The topological polar surface area (TPSA) is 13.1 Å². The zero-order valence-corrected chi connectivity index (χ0v) is 36.9. The summed E-state index contributed by atoms with van der Waals surface area (Å²) in [6.07, 6.45) is 0. The molecule has 3 nitrogen and oxygen atoms in total. The van der Waals surface area contributed by atoms with Crippen LogP contribution in [0.15, 0.2) is 237 Å². The molecule has 13 rings (SSSR count). The van der Waals surface area contributed by atoms with Crippen LogP contribution >= 0.6 is 0 Å². The van der Waals surface area contributed by atoms with Gasteiger partial charge in [0.2, 0.25) is 0 Å². The van der Waals surface area contributed by atoms with Crippen LogP contribution in [-0.4, -0.2) is 9.13 Å². The van der Waals surface area contributed by atoms with E-state index in [0.717, 1.165) is 17.1 Å². The first kappa shape index (κ1) is 38.1. The number of hydrogen-bond donors (Lipinski definition) is 0. The van der Waals surface area contributed by atoms with Crippen molar-refractivity contribution < 1.29 is 0 Å². The summed E-state index contributed by atoms with van der Waals surface area (Å²) in [4.78, 5) is 2.39. The summed E-state index contributed by atoms with van der Waals surface area (Å²) in [6, 6.07) is 86.7. The Kier molecular flexibility index (Phi) is 8.56. The smallest absolute Gasteiger partial charge is 0.0541 e. The molecule has 1 aliphatic rings. The van der Waals surface area contributed by atoms with Gasteiger partial charge < -0.3 is 14.0 Å². The van der Waals surface area contributed by atoms with Crippen LogP contribution in [0, 0.1) is 0 Å². The second kappa shape index (κ2) is 14.8. The standard InChI is InChI=1S/C63H45N3/c1-63(2)57-40-49(34-36-51(57)52-37-35-50(41-58(52)63)66-59-22-12-9-19-53(59)54-20-10-13-23-60(54)66)64(46-15-5-3-6-16-46)48-32-29-43(30-33-48)42-25-27-44(28-26-42)45-31-38-62-56(39-45)55-21-11-14-24-61(55)65(62)47-17-7-4-8-18-47/h3-41H,1-2H3. The fourth-order valence-corrected chi connectivity index (χ4v) is 10.9. The number of rotatable bonds is 7. The second-order valence-corrected chi connectivity index (χ2v) is 18.2. The first-order valence-electron chi connectivity index (χ1n) is 22.9. The van der Waals surface area contributed by atoms with Crippen molar-refractivity contribution in [1.82, 2.24) is 9.13 Å². The summed E-state index contributed by atoms with van der Waals surface area (Å²) in [7, 11) is 0. The molecule has 0 fully saturated rings. The number of aromatic nitrogens is 2. The second-order valence-electron chi connectivity index (χ2n) is 18.2. The molecular formula is C63H45N3. The normalized spacial score (nSPS) is 12.8. The van der Waals surface area contributed by atoms with Crippen LogP contribution in [0.25, 0.3) is 88.4 Å². The lowest BCUT2D eigenvalue weighted by molar-refractivity contribution is 0.660. The first-order valence-corrected chi connectivity index (χ1v) is 22.9. The van der Waals surface area contributed by atoms with E-state index in [0.29, 0.717) is 0 Å². The molecule has 312 valence electrons. The summed E-state index contributed by atoms with van der Waals surface area (Å²) >= 11 is 0. The van der Waals surface area contributed by atoms with E-state index >= 15 is 0 Å². The van der Waals surface area contributed by atoms with Gasteiger partial charge >= 0.3 is 0 Å². The van der Waals surface area contributed by atoms with E-state index in [-0.39, 0.29) is 5.41 Å². The number of fused-ring (bicyclic) bond motifs is 9. The molecule has 10 aromatic carbocycles. The van der Waals surface area contributed by atoms with E-state index in [2.05, 4.69) is 264 Å². The molecule has 0 unspecified atom stereocenters. The Morgan fingerprint density at radius 3 is 1.35 bits per heavy atom. The summed E-state index contributed by atoms with van der Waals surface area (Å²) in [5, 5.41) is 5.08. The molecule has 0 aliphatic heterocycles. The minimum absolute atomic E-state index is 0.208. The fourth-order valence-electron chi connectivity index (χ4n) is 10.9. The number of para-hydroxylation sites is 5. The Balaban J connectivity index is 0.821. The average Bonchev–Trinajstić information content (AvgIpc) is 3.97. The highest BCUT2D eigenvalue weighted by atomic mass is 15.1. The quantitative estimate of drug-likeness (QED) is 0.156. The van der Waals surface area contributed by atoms with Crippen molar-refractivity contribution in [1.29, 1.82) is 0 Å². The van der Waals surface area contributed by atoms with Gasteiger partial charge in [-0.15, -0.1) is 0 Å². The lowest BCUT2D eigenvalue weighted by Gasteiger charge is -2.28. The molecule has 1 aliphatic carbocycles. The molecule has 2 aromatic heterocycles. The van der Waals surface area contributed by atoms with Gasteiger partial charge in [0, 0.05) is 55.4 Å². The summed E-state index contributed by atoms with van der Waals surface area (Å²) in [6.45, 7) is 4.76. The van der Waals surface area contributed by atoms with Crippen LogP contribution in [0.1, 0.15) is 25.0 Å². The Morgan fingerprint density at radius 2 is 0.727 bits per heavy atom. The maximum absolute atomic E-state index is 2.43. The molecule has 0 N–H and O–H groups in total. The molecule has 0 bridgehead atoms. The van der Waals surface area contributed by atoms with Crippen LogP contribution in [0.5, 0.6) is 0 Å². The van der Waals surface area contributed by atoms with Gasteiger partial charge in [0.25, 0.3) is 0 Å². The van der Waals surface area contributed by atoms with Crippen molar-refractivity contribution in [2.75, 3.05) is 4.90 Å². The number of hydrogen-bond acceptors (Lipinski definition) is 1. The van der Waals surface area contributed by atoms with Crippen molar-refractivity contribution in [3.05, 3.63) is 248 Å². The maximum Gasteiger partial charge on any atom is 0.0541 e. The Labute approximate surface area is 384 Å². The van der Waals surface area contributed by atoms with Crippen LogP contribution in [-0.2, 0) is 5.41 Å². The molecule has 0 saturated carbocycles. The molecule has 0 spiro atoms. The summed E-state index contributed by atoms with van der Waals surface area (Å²) in [5.74, 6) is 0. The third-order valence-electron chi connectivity index (χ3n) is 14.1. The third-order valence-corrected chi connectivity index (χ3v) is 14.1. The molecule has 0 radical (unpaired) electrons. The predicted molar refractivity (Wildman–Crippen MR) is 278 cm³/mol. The lowest BCUT2D eigenvalue weighted by atomic mass is 9.82. The van der Waals surface area contributed by atoms with Crippen molar-refractivity contribution in [2.45, 2.75) is 19.3 Å². The average molecular weight is 844 g/mol. The summed E-state index contributed by atoms with van der Waals surface area (Å²) < 4.78 is 4.80. The van der Waals surface area contributed by atoms with E-state index in [9.17, 15) is 0 Å². The van der Waals surface area contributed by atoms with Gasteiger partial charge in [-0.2, -0.15) is 0 Å². The highest BCUT2D eigenvalue weighted by Crippen LogP contribution is 2.52. The number of nitrogens with zero attached hydrogens (tertiary/aromatic N) is 3. The van der Waals surface area contributed by atoms with Crippen LogP contribution in [0.3, 0.4) is 0 Å². The predicted octanol–water partition coefficient (Wildman–Crippen LogP) is 17.0. The Bertz CT molecular complexity index is 3760. The van der Waals surface area contributed by atoms with E-state index in [1.165, 1.54) is 99.5 Å². The van der Waals surface area contributed by atoms with Gasteiger partial charge in [-0.25, -0.2) is 0 Å². The first-order chi connectivity index (χ1) is 32.5. The monoisotopic (exact) mass is 843 g/mol. The van der Waals surface area contributed by atoms with Gasteiger partial charge in [0.1, 0.15) is 0 Å². The lowest BCUT2D eigenvalue weighted by Crippen LogP contribution is -2.17. The number of anilines is 3. The zero-order valence-electron chi connectivity index (χ0n) is 36.9. The van der Waals surface area contributed by atoms with Gasteiger partial charge in [0.15, 0.2) is 0 Å². The fraction of sp³-hybridized carbons (Fsp3) is 0.0476. The van der Waals surface area contributed by atoms with Gasteiger partial charge in [-0.3, -0.25) is 0 Å². The van der Waals surface area contributed by atoms with Crippen molar-refractivity contribution in [3.63, 3.8) is 0 Å². The molecule has 12 aromatic rings. The molecule has 3 heteroatoms. The van der Waals surface area contributed by atoms with Crippen molar-refractivity contribution in [2.24, 2.45) is 0 Å². The maximum atomic E-state index is 2.43. The molecule has 0 amide bonds. The molecular weight excluding hydrogens is 799 g/mol.